The van der Waals surface area contributed by atoms with Crippen molar-refractivity contribution in [3.63, 3.8) is 0 Å². The van der Waals surface area contributed by atoms with Gasteiger partial charge in [-0.05, 0) is 35.4 Å². The molecule has 4 heteroatoms. The van der Waals surface area contributed by atoms with Crippen LogP contribution in [-0.4, -0.2) is 14.2 Å². The smallest absolute Gasteiger partial charge is 0.118 e. The Morgan fingerprint density at radius 3 is 1.30 bits per heavy atom. The second-order valence-corrected chi connectivity index (χ2v) is 4.19. The molecule has 0 aromatic heterocycles. The van der Waals surface area contributed by atoms with Crippen LogP contribution in [0.3, 0.4) is 0 Å². The molecule has 0 aliphatic carbocycles. The molecule has 3 nitrogen and oxygen atoms in total. The molecule has 0 aliphatic heterocycles. The largest absolute Gasteiger partial charge is 0.497 e. The van der Waals surface area contributed by atoms with E-state index in [9.17, 15) is 0 Å². The molecule has 0 heterocycles. The van der Waals surface area contributed by atoms with Gasteiger partial charge in [-0.1, -0.05) is 24.3 Å². The Bertz CT molecular complexity index is 447. The van der Waals surface area contributed by atoms with E-state index in [0.29, 0.717) is 13.2 Å². The summed E-state index contributed by atoms with van der Waals surface area (Å²) in [6.45, 7) is 1.19. The summed E-state index contributed by atoms with van der Waals surface area (Å²) in [5.41, 5.74) is 2.27. The van der Waals surface area contributed by atoms with Crippen LogP contribution in [0.2, 0.25) is 0 Å². The van der Waals surface area contributed by atoms with Gasteiger partial charge in [0.2, 0.25) is 0 Å². The highest BCUT2D eigenvalue weighted by molar-refractivity contribution is 8.93. The second-order valence-electron chi connectivity index (χ2n) is 4.19. The maximum Gasteiger partial charge on any atom is 0.118 e. The minimum Gasteiger partial charge on any atom is -0.497 e. The van der Waals surface area contributed by atoms with E-state index >= 15 is 0 Å². The topological polar surface area (TPSA) is 27.7 Å². The number of halogens is 1. The molecule has 0 aliphatic rings. The maximum absolute atomic E-state index is 5.67. The molecule has 0 radical (unpaired) electrons. The van der Waals surface area contributed by atoms with E-state index in [0.717, 1.165) is 22.6 Å². The normalized spacial score (nSPS) is 9.70. The minimum atomic E-state index is 0. The van der Waals surface area contributed by atoms with Crippen molar-refractivity contribution >= 4 is 17.0 Å². The van der Waals surface area contributed by atoms with Crippen molar-refractivity contribution < 1.29 is 14.2 Å². The maximum atomic E-state index is 5.67. The molecule has 0 saturated heterocycles. The van der Waals surface area contributed by atoms with Crippen LogP contribution >= 0.6 is 17.0 Å². The molecule has 0 bridgehead atoms. The lowest BCUT2D eigenvalue weighted by Crippen LogP contribution is -1.94. The Morgan fingerprint density at radius 1 is 0.650 bits per heavy atom. The van der Waals surface area contributed by atoms with Crippen LogP contribution in [0.25, 0.3) is 0 Å². The van der Waals surface area contributed by atoms with Crippen LogP contribution in [0.5, 0.6) is 11.5 Å². The number of ether oxygens (including phenoxy) is 3. The predicted molar refractivity (Wildman–Crippen MR) is 84.8 cm³/mol. The molecular formula is C16H19BrO3. The summed E-state index contributed by atoms with van der Waals surface area (Å²) in [4.78, 5) is 0. The first kappa shape index (κ1) is 16.5. The van der Waals surface area contributed by atoms with Crippen molar-refractivity contribution in [2.75, 3.05) is 14.2 Å². The summed E-state index contributed by atoms with van der Waals surface area (Å²) in [5.74, 6) is 1.72. The summed E-state index contributed by atoms with van der Waals surface area (Å²) in [5, 5.41) is 0. The van der Waals surface area contributed by atoms with Crippen LogP contribution < -0.4 is 9.47 Å². The molecule has 20 heavy (non-hydrogen) atoms. The summed E-state index contributed by atoms with van der Waals surface area (Å²) >= 11 is 0. The Labute approximate surface area is 130 Å². The number of hydrogen-bond donors (Lipinski definition) is 0. The van der Waals surface area contributed by atoms with E-state index in [1.165, 1.54) is 0 Å². The lowest BCUT2D eigenvalue weighted by Gasteiger charge is -2.06. The van der Waals surface area contributed by atoms with Gasteiger partial charge in [-0.2, -0.15) is 0 Å². The molecule has 0 atom stereocenters. The van der Waals surface area contributed by atoms with Gasteiger partial charge in [0.05, 0.1) is 27.4 Å². The van der Waals surface area contributed by atoms with E-state index in [1.807, 2.05) is 48.5 Å². The van der Waals surface area contributed by atoms with E-state index in [-0.39, 0.29) is 17.0 Å². The third-order valence-corrected chi connectivity index (χ3v) is 2.86. The van der Waals surface area contributed by atoms with Crippen molar-refractivity contribution in [3.05, 3.63) is 59.7 Å². The van der Waals surface area contributed by atoms with Crippen LogP contribution in [0.15, 0.2) is 48.5 Å². The Morgan fingerprint density at radius 2 is 1.00 bits per heavy atom. The zero-order chi connectivity index (χ0) is 13.5. The van der Waals surface area contributed by atoms with Crippen LogP contribution in [0, 0.1) is 0 Å². The molecule has 2 aromatic carbocycles. The zero-order valence-electron chi connectivity index (χ0n) is 11.7. The fourth-order valence-electron chi connectivity index (χ4n) is 1.73. The van der Waals surface area contributed by atoms with E-state index in [2.05, 4.69) is 0 Å². The monoisotopic (exact) mass is 338 g/mol. The predicted octanol–water partition coefficient (Wildman–Crippen LogP) is 4.00. The summed E-state index contributed by atoms with van der Waals surface area (Å²) in [6, 6.07) is 15.8. The average Bonchev–Trinajstić information content (AvgIpc) is 2.49. The SMILES string of the molecule is Br.COc1ccc(COCc2ccc(OC)cc2)cc1. The van der Waals surface area contributed by atoms with Crippen LogP contribution in [-0.2, 0) is 18.0 Å². The molecule has 0 saturated carbocycles. The summed E-state index contributed by atoms with van der Waals surface area (Å²) in [6.07, 6.45) is 0. The fourth-order valence-corrected chi connectivity index (χ4v) is 1.73. The second kappa shape index (κ2) is 8.61. The summed E-state index contributed by atoms with van der Waals surface area (Å²) < 4.78 is 15.9. The Hall–Kier alpha value is -1.52. The highest BCUT2D eigenvalue weighted by Gasteiger charge is 1.97. The molecule has 0 spiro atoms. The van der Waals surface area contributed by atoms with E-state index in [4.69, 9.17) is 14.2 Å². The lowest BCUT2D eigenvalue weighted by atomic mass is 10.2. The third-order valence-electron chi connectivity index (χ3n) is 2.86. The average molecular weight is 339 g/mol. The van der Waals surface area contributed by atoms with Crippen molar-refractivity contribution in [2.24, 2.45) is 0 Å². The van der Waals surface area contributed by atoms with Crippen molar-refractivity contribution in [1.29, 1.82) is 0 Å². The molecule has 0 N–H and O–H groups in total. The first-order valence-corrected chi connectivity index (χ1v) is 6.15. The Kier molecular flexibility index (Phi) is 7.12. The van der Waals surface area contributed by atoms with Gasteiger partial charge in [0.15, 0.2) is 0 Å². The highest BCUT2D eigenvalue weighted by Crippen LogP contribution is 2.14. The van der Waals surface area contributed by atoms with Gasteiger partial charge in [-0.25, -0.2) is 0 Å². The molecule has 108 valence electrons. The fraction of sp³-hybridized carbons (Fsp3) is 0.250. The van der Waals surface area contributed by atoms with E-state index < -0.39 is 0 Å². The summed E-state index contributed by atoms with van der Waals surface area (Å²) in [7, 11) is 3.32. The van der Waals surface area contributed by atoms with Crippen molar-refractivity contribution in [1.82, 2.24) is 0 Å². The first-order valence-electron chi connectivity index (χ1n) is 6.15. The highest BCUT2D eigenvalue weighted by atomic mass is 79.9. The lowest BCUT2D eigenvalue weighted by molar-refractivity contribution is 0.107. The van der Waals surface area contributed by atoms with Crippen molar-refractivity contribution in [2.45, 2.75) is 13.2 Å². The molecular weight excluding hydrogens is 320 g/mol. The van der Waals surface area contributed by atoms with Crippen molar-refractivity contribution in [3.8, 4) is 11.5 Å². The van der Waals surface area contributed by atoms with Gasteiger partial charge in [0, 0.05) is 0 Å². The standard InChI is InChI=1S/C16H18O3.BrH/c1-17-15-7-3-13(4-8-15)11-19-12-14-5-9-16(18-2)10-6-14;/h3-10H,11-12H2,1-2H3;1H. The van der Waals surface area contributed by atoms with Crippen LogP contribution in [0.1, 0.15) is 11.1 Å². The number of hydrogen-bond acceptors (Lipinski definition) is 3. The van der Waals surface area contributed by atoms with Gasteiger partial charge in [0.1, 0.15) is 11.5 Å². The molecule has 0 fully saturated rings. The number of benzene rings is 2. The third kappa shape index (κ3) is 4.87. The number of methoxy groups -OCH3 is 2. The van der Waals surface area contributed by atoms with E-state index in [1.54, 1.807) is 14.2 Å². The zero-order valence-corrected chi connectivity index (χ0v) is 13.4. The first-order chi connectivity index (χ1) is 9.31. The molecule has 2 aromatic rings. The van der Waals surface area contributed by atoms with Gasteiger partial charge >= 0.3 is 0 Å². The minimum absolute atomic E-state index is 0. The quantitative estimate of drug-likeness (QED) is 0.796. The molecule has 0 amide bonds. The van der Waals surface area contributed by atoms with Gasteiger partial charge < -0.3 is 14.2 Å². The molecule has 0 unspecified atom stereocenters. The molecule has 2 rings (SSSR count). The Balaban J connectivity index is 0.00000200. The van der Waals surface area contributed by atoms with Crippen LogP contribution in [0.4, 0.5) is 0 Å². The van der Waals surface area contributed by atoms with Gasteiger partial charge in [-0.15, -0.1) is 17.0 Å². The van der Waals surface area contributed by atoms with Gasteiger partial charge in [0.25, 0.3) is 0 Å². The van der Waals surface area contributed by atoms with Gasteiger partial charge in [-0.3, -0.25) is 0 Å². The number of rotatable bonds is 6.